The Bertz CT molecular complexity index is 473. The van der Waals surface area contributed by atoms with Crippen molar-refractivity contribution >= 4 is 23.0 Å². The lowest BCUT2D eigenvalue weighted by atomic mass is 10.0. The molecule has 0 bridgehead atoms. The molecule has 1 saturated heterocycles. The molecular formula is C17H26N2O2S. The van der Waals surface area contributed by atoms with Crippen molar-refractivity contribution in [3.63, 3.8) is 0 Å². The number of Topliss-reactive ketones (excluding diaryl/α,β-unsaturated/α-hetero) is 1. The summed E-state index contributed by atoms with van der Waals surface area (Å²) in [4.78, 5) is 26.8. The summed E-state index contributed by atoms with van der Waals surface area (Å²) in [5.74, 6) is 0.0453. The molecule has 0 radical (unpaired) electrons. The Hall–Kier alpha value is -1.20. The van der Waals surface area contributed by atoms with Gasteiger partial charge in [0.15, 0.2) is 5.78 Å². The van der Waals surface area contributed by atoms with E-state index in [0.29, 0.717) is 19.0 Å². The highest BCUT2D eigenvalue weighted by molar-refractivity contribution is 7.12. The average molecular weight is 322 g/mol. The van der Waals surface area contributed by atoms with Gasteiger partial charge in [0.25, 0.3) is 0 Å². The van der Waals surface area contributed by atoms with Gasteiger partial charge in [-0.2, -0.15) is 0 Å². The third kappa shape index (κ3) is 5.54. The number of piperidine rings is 1. The molecule has 1 fully saturated rings. The van der Waals surface area contributed by atoms with Gasteiger partial charge in [-0.1, -0.05) is 12.5 Å². The monoisotopic (exact) mass is 322 g/mol. The van der Waals surface area contributed by atoms with Crippen molar-refractivity contribution in [3.05, 3.63) is 22.4 Å². The van der Waals surface area contributed by atoms with Gasteiger partial charge >= 0.3 is 0 Å². The molecule has 1 aliphatic rings. The third-order valence-corrected chi connectivity index (χ3v) is 5.17. The molecule has 1 N–H and O–H groups in total. The molecule has 0 saturated carbocycles. The summed E-state index contributed by atoms with van der Waals surface area (Å²) in [5, 5.41) is 4.81. The van der Waals surface area contributed by atoms with Crippen LogP contribution in [0, 0.1) is 0 Å². The summed E-state index contributed by atoms with van der Waals surface area (Å²) < 4.78 is 0. The Morgan fingerprint density at radius 2 is 2.23 bits per heavy atom. The summed E-state index contributed by atoms with van der Waals surface area (Å²) in [6.45, 7) is 5.23. The molecule has 1 aliphatic heterocycles. The summed E-state index contributed by atoms with van der Waals surface area (Å²) >= 11 is 1.43. The predicted octanol–water partition coefficient (Wildman–Crippen LogP) is 3.09. The van der Waals surface area contributed by atoms with E-state index in [-0.39, 0.29) is 18.1 Å². The fraction of sp³-hybridized carbons (Fsp3) is 0.647. The Labute approximate surface area is 136 Å². The van der Waals surface area contributed by atoms with E-state index >= 15 is 0 Å². The smallest absolute Gasteiger partial charge is 0.220 e. The van der Waals surface area contributed by atoms with E-state index in [2.05, 4.69) is 17.1 Å². The fourth-order valence-corrected chi connectivity index (χ4v) is 3.57. The number of nitrogens with one attached hydrogen (secondary N) is 1. The second-order valence-electron chi connectivity index (χ2n) is 5.98. The minimum Gasteiger partial charge on any atom is -0.356 e. The second kappa shape index (κ2) is 9.06. The van der Waals surface area contributed by atoms with Crippen LogP contribution >= 0.6 is 11.3 Å². The molecule has 1 unspecified atom stereocenters. The number of likely N-dealkylation sites (tertiary alicyclic amines) is 1. The van der Waals surface area contributed by atoms with Crippen LogP contribution in [-0.2, 0) is 4.79 Å². The summed E-state index contributed by atoms with van der Waals surface area (Å²) in [7, 11) is 0. The lowest BCUT2D eigenvalue weighted by Crippen LogP contribution is -2.39. The highest BCUT2D eigenvalue weighted by Crippen LogP contribution is 2.16. The summed E-state index contributed by atoms with van der Waals surface area (Å²) in [6, 6.07) is 4.34. The zero-order valence-corrected chi connectivity index (χ0v) is 14.2. The van der Waals surface area contributed by atoms with Crippen molar-refractivity contribution in [1.29, 1.82) is 0 Å². The molecule has 0 aromatic carbocycles. The number of thiophene rings is 1. The molecule has 122 valence electrons. The highest BCUT2D eigenvalue weighted by atomic mass is 32.1. The van der Waals surface area contributed by atoms with Crippen LogP contribution in [0.1, 0.15) is 55.1 Å². The number of carbonyl (C=O) groups excluding carboxylic acids is 2. The first-order valence-corrected chi connectivity index (χ1v) is 9.12. The molecule has 1 aromatic heterocycles. The first kappa shape index (κ1) is 17.2. The molecule has 5 heteroatoms. The van der Waals surface area contributed by atoms with Crippen molar-refractivity contribution in [2.24, 2.45) is 0 Å². The second-order valence-corrected chi connectivity index (χ2v) is 6.93. The van der Waals surface area contributed by atoms with E-state index in [1.165, 1.54) is 37.1 Å². The first-order valence-electron chi connectivity index (χ1n) is 8.24. The topological polar surface area (TPSA) is 49.4 Å². The van der Waals surface area contributed by atoms with E-state index in [1.807, 2.05) is 17.5 Å². The Morgan fingerprint density at radius 3 is 2.95 bits per heavy atom. The van der Waals surface area contributed by atoms with E-state index in [9.17, 15) is 9.59 Å². The maximum Gasteiger partial charge on any atom is 0.220 e. The Balaban J connectivity index is 1.55. The predicted molar refractivity (Wildman–Crippen MR) is 90.4 cm³/mol. The quantitative estimate of drug-likeness (QED) is 0.591. The number of hydrogen-bond donors (Lipinski definition) is 1. The van der Waals surface area contributed by atoms with Gasteiger partial charge in [0, 0.05) is 32.0 Å². The van der Waals surface area contributed by atoms with Gasteiger partial charge in [0.2, 0.25) is 5.91 Å². The molecule has 4 nitrogen and oxygen atoms in total. The number of amides is 1. The van der Waals surface area contributed by atoms with E-state index in [4.69, 9.17) is 0 Å². The van der Waals surface area contributed by atoms with E-state index in [0.717, 1.165) is 17.8 Å². The van der Waals surface area contributed by atoms with E-state index < -0.39 is 0 Å². The first-order chi connectivity index (χ1) is 10.7. The average Bonchev–Trinajstić information content (AvgIpc) is 3.05. The van der Waals surface area contributed by atoms with Gasteiger partial charge in [0.1, 0.15) is 0 Å². The summed E-state index contributed by atoms with van der Waals surface area (Å²) in [6.07, 6.45) is 5.49. The fourth-order valence-electron chi connectivity index (χ4n) is 2.88. The van der Waals surface area contributed by atoms with Gasteiger partial charge in [0.05, 0.1) is 4.88 Å². The largest absolute Gasteiger partial charge is 0.356 e. The van der Waals surface area contributed by atoms with Crippen LogP contribution in [0.2, 0.25) is 0 Å². The van der Waals surface area contributed by atoms with Gasteiger partial charge in [-0.25, -0.2) is 0 Å². The van der Waals surface area contributed by atoms with Crippen LogP contribution in [0.15, 0.2) is 17.5 Å². The molecule has 2 rings (SSSR count). The number of rotatable bonds is 8. The van der Waals surface area contributed by atoms with Crippen LogP contribution in [0.4, 0.5) is 0 Å². The minimum atomic E-state index is -0.0170. The zero-order chi connectivity index (χ0) is 15.8. The lowest BCUT2D eigenvalue weighted by molar-refractivity contribution is -0.121. The van der Waals surface area contributed by atoms with Crippen molar-refractivity contribution < 1.29 is 9.59 Å². The zero-order valence-electron chi connectivity index (χ0n) is 13.3. The normalized spacial score (nSPS) is 19.0. The number of carbonyl (C=O) groups is 2. The van der Waals surface area contributed by atoms with Gasteiger partial charge in [-0.05, 0) is 44.2 Å². The van der Waals surface area contributed by atoms with Gasteiger partial charge in [-0.3, -0.25) is 9.59 Å². The van der Waals surface area contributed by atoms with Crippen LogP contribution in [0.25, 0.3) is 0 Å². The molecule has 0 aliphatic carbocycles. The van der Waals surface area contributed by atoms with Crippen molar-refractivity contribution in [2.45, 2.75) is 51.5 Å². The Kier molecular flexibility index (Phi) is 7.06. The molecule has 22 heavy (non-hydrogen) atoms. The Morgan fingerprint density at radius 1 is 1.36 bits per heavy atom. The maximum atomic E-state index is 11.8. The third-order valence-electron chi connectivity index (χ3n) is 4.26. The van der Waals surface area contributed by atoms with Crippen LogP contribution in [0.3, 0.4) is 0 Å². The number of nitrogens with zero attached hydrogens (tertiary/aromatic N) is 1. The van der Waals surface area contributed by atoms with Crippen LogP contribution in [0.5, 0.6) is 0 Å². The molecule has 0 spiro atoms. The van der Waals surface area contributed by atoms with Crippen LogP contribution in [-0.4, -0.2) is 42.3 Å². The molecular weight excluding hydrogens is 296 g/mol. The van der Waals surface area contributed by atoms with Crippen molar-refractivity contribution in [3.8, 4) is 0 Å². The SMILES string of the molecule is CC1CCCCN1CCCNC(=O)CCC(=O)c1cccs1. The van der Waals surface area contributed by atoms with Gasteiger partial charge in [-0.15, -0.1) is 11.3 Å². The van der Waals surface area contributed by atoms with Crippen molar-refractivity contribution in [2.75, 3.05) is 19.6 Å². The van der Waals surface area contributed by atoms with Crippen LogP contribution < -0.4 is 5.32 Å². The standard InChI is InChI=1S/C17H26N2O2S/c1-14-6-2-3-11-19(14)12-5-10-18-17(21)9-8-15(20)16-7-4-13-22-16/h4,7,13-14H,2-3,5-6,8-12H2,1H3,(H,18,21). The van der Waals surface area contributed by atoms with Crippen molar-refractivity contribution in [1.82, 2.24) is 10.2 Å². The lowest BCUT2D eigenvalue weighted by Gasteiger charge is -2.33. The number of hydrogen-bond acceptors (Lipinski definition) is 4. The molecule has 1 atom stereocenters. The number of ketones is 1. The highest BCUT2D eigenvalue weighted by Gasteiger charge is 2.17. The minimum absolute atomic E-state index is 0.0170. The molecule has 2 heterocycles. The summed E-state index contributed by atoms with van der Waals surface area (Å²) in [5.41, 5.74) is 0. The van der Waals surface area contributed by atoms with E-state index in [1.54, 1.807) is 0 Å². The van der Waals surface area contributed by atoms with Gasteiger partial charge < -0.3 is 10.2 Å². The molecule has 1 aromatic rings. The molecule has 1 amide bonds. The maximum absolute atomic E-state index is 11.8.